The van der Waals surface area contributed by atoms with Crippen molar-refractivity contribution in [3.05, 3.63) is 0 Å². The largest absolute Gasteiger partial charge is 0.462 e. The molecule has 0 aromatic rings. The summed E-state index contributed by atoms with van der Waals surface area (Å²) in [7, 11) is 0. The smallest absolute Gasteiger partial charge is 0.306 e. The van der Waals surface area contributed by atoms with Gasteiger partial charge in [0, 0.05) is 19.3 Å². The molecule has 0 spiro atoms. The number of hydrogen-bond donors (Lipinski definition) is 0. The first-order valence-electron chi connectivity index (χ1n) is 20.7. The van der Waals surface area contributed by atoms with Crippen LogP contribution in [0.15, 0.2) is 0 Å². The molecule has 0 saturated heterocycles. The van der Waals surface area contributed by atoms with Crippen molar-refractivity contribution >= 4 is 17.9 Å². The van der Waals surface area contributed by atoms with Gasteiger partial charge in [-0.2, -0.15) is 0 Å². The summed E-state index contributed by atoms with van der Waals surface area (Å²) in [5.41, 5.74) is 0. The zero-order valence-corrected chi connectivity index (χ0v) is 32.6. The SMILES string of the molecule is CCCCCCCCCCCCC(=O)OC[C@H](COC(=O)CCCCCCCCCC(C)C)OC(=O)CCCCCCCCCC(C)C. The Kier molecular flexibility index (Phi) is 34.1. The van der Waals surface area contributed by atoms with Crippen molar-refractivity contribution in [2.45, 2.75) is 227 Å². The number of hydrogen-bond acceptors (Lipinski definition) is 6. The number of esters is 3. The fourth-order valence-corrected chi connectivity index (χ4v) is 6.05. The third-order valence-electron chi connectivity index (χ3n) is 9.22. The summed E-state index contributed by atoms with van der Waals surface area (Å²) in [5.74, 6) is 0.690. The quantitative estimate of drug-likeness (QED) is 0.0372. The summed E-state index contributed by atoms with van der Waals surface area (Å²) in [6, 6.07) is 0. The fourth-order valence-electron chi connectivity index (χ4n) is 6.05. The molecule has 0 aliphatic heterocycles. The first-order valence-corrected chi connectivity index (χ1v) is 20.7. The Morgan fingerprint density at radius 1 is 0.396 bits per heavy atom. The third kappa shape index (κ3) is 35.7. The van der Waals surface area contributed by atoms with E-state index in [4.69, 9.17) is 14.2 Å². The molecule has 0 aliphatic carbocycles. The van der Waals surface area contributed by atoms with Crippen LogP contribution in [0.2, 0.25) is 0 Å². The maximum absolute atomic E-state index is 12.6. The molecule has 1 atom stereocenters. The van der Waals surface area contributed by atoms with Crippen LogP contribution in [0.4, 0.5) is 0 Å². The molecule has 48 heavy (non-hydrogen) atoms. The number of carbonyl (C=O) groups excluding carboxylic acids is 3. The van der Waals surface area contributed by atoms with E-state index in [1.54, 1.807) is 0 Å². The van der Waals surface area contributed by atoms with E-state index in [0.717, 1.165) is 69.6 Å². The van der Waals surface area contributed by atoms with E-state index < -0.39 is 6.10 Å². The first kappa shape index (κ1) is 46.4. The second-order valence-electron chi connectivity index (χ2n) is 15.2. The number of rotatable bonds is 36. The molecule has 0 aromatic heterocycles. The Labute approximate surface area is 298 Å². The normalized spacial score (nSPS) is 12.1. The molecular weight excluding hydrogens is 600 g/mol. The van der Waals surface area contributed by atoms with Gasteiger partial charge in [0.05, 0.1) is 0 Å². The Morgan fingerprint density at radius 2 is 0.688 bits per heavy atom. The van der Waals surface area contributed by atoms with Gasteiger partial charge in [0.2, 0.25) is 0 Å². The highest BCUT2D eigenvalue weighted by atomic mass is 16.6. The predicted octanol–water partition coefficient (Wildman–Crippen LogP) is 12.6. The van der Waals surface area contributed by atoms with E-state index in [1.807, 2.05) is 0 Å². The summed E-state index contributed by atoms with van der Waals surface area (Å²) < 4.78 is 16.6. The lowest BCUT2D eigenvalue weighted by Gasteiger charge is -2.18. The van der Waals surface area contributed by atoms with Crippen molar-refractivity contribution in [2.75, 3.05) is 13.2 Å². The van der Waals surface area contributed by atoms with E-state index >= 15 is 0 Å². The minimum absolute atomic E-state index is 0.0667. The molecule has 0 heterocycles. The van der Waals surface area contributed by atoms with Crippen molar-refractivity contribution in [3.63, 3.8) is 0 Å². The Balaban J connectivity index is 4.36. The van der Waals surface area contributed by atoms with Crippen LogP contribution >= 0.6 is 0 Å². The minimum atomic E-state index is -0.759. The average molecular weight is 681 g/mol. The first-order chi connectivity index (χ1) is 23.2. The standard InChI is InChI=1S/C42H80O6/c1-6-7-8-9-10-11-12-17-22-27-32-40(43)46-35-39(48-42(45)34-29-24-19-14-16-21-26-31-38(4)5)36-47-41(44)33-28-23-18-13-15-20-25-30-37(2)3/h37-39H,6-36H2,1-5H3/t39-/m1/s1. The number of ether oxygens (including phenoxy) is 3. The molecule has 0 aliphatic rings. The third-order valence-corrected chi connectivity index (χ3v) is 9.22. The predicted molar refractivity (Wildman–Crippen MR) is 201 cm³/mol. The van der Waals surface area contributed by atoms with Crippen molar-refractivity contribution in [3.8, 4) is 0 Å². The summed E-state index contributed by atoms with van der Waals surface area (Å²) >= 11 is 0. The highest BCUT2D eigenvalue weighted by Crippen LogP contribution is 2.15. The maximum atomic E-state index is 12.6. The van der Waals surface area contributed by atoms with E-state index in [2.05, 4.69) is 34.6 Å². The zero-order valence-electron chi connectivity index (χ0n) is 32.6. The van der Waals surface area contributed by atoms with Crippen molar-refractivity contribution < 1.29 is 28.6 Å². The molecule has 0 saturated carbocycles. The number of carbonyl (C=O) groups is 3. The molecule has 0 amide bonds. The second kappa shape index (κ2) is 35.2. The molecule has 0 rings (SSSR count). The van der Waals surface area contributed by atoms with Crippen LogP contribution in [-0.2, 0) is 28.6 Å². The van der Waals surface area contributed by atoms with Gasteiger partial charge < -0.3 is 14.2 Å². The van der Waals surface area contributed by atoms with Gasteiger partial charge in [-0.05, 0) is 31.1 Å². The van der Waals surface area contributed by atoms with E-state index in [-0.39, 0.29) is 31.1 Å². The molecule has 0 radical (unpaired) electrons. The van der Waals surface area contributed by atoms with Gasteiger partial charge in [0.15, 0.2) is 6.10 Å². The maximum Gasteiger partial charge on any atom is 0.306 e. The fraction of sp³-hybridized carbons (Fsp3) is 0.929. The summed E-state index contributed by atoms with van der Waals surface area (Å²) in [5, 5.41) is 0. The lowest BCUT2D eigenvalue weighted by molar-refractivity contribution is -0.167. The van der Waals surface area contributed by atoms with Crippen LogP contribution in [-0.4, -0.2) is 37.2 Å². The second-order valence-corrected chi connectivity index (χ2v) is 15.2. The van der Waals surface area contributed by atoms with Crippen LogP contribution in [0.3, 0.4) is 0 Å². The van der Waals surface area contributed by atoms with Crippen LogP contribution in [0.1, 0.15) is 221 Å². The molecule has 0 fully saturated rings. The van der Waals surface area contributed by atoms with Gasteiger partial charge in [-0.3, -0.25) is 14.4 Å². The lowest BCUT2D eigenvalue weighted by Crippen LogP contribution is -2.30. The molecule has 0 unspecified atom stereocenters. The Morgan fingerprint density at radius 3 is 1.02 bits per heavy atom. The average Bonchev–Trinajstić information content (AvgIpc) is 3.04. The van der Waals surface area contributed by atoms with Crippen LogP contribution in [0.5, 0.6) is 0 Å². The summed E-state index contributed by atoms with van der Waals surface area (Å²) in [6.07, 6.45) is 31.0. The van der Waals surface area contributed by atoms with Crippen LogP contribution in [0.25, 0.3) is 0 Å². The molecule has 0 bridgehead atoms. The van der Waals surface area contributed by atoms with Crippen molar-refractivity contribution in [1.29, 1.82) is 0 Å². The summed E-state index contributed by atoms with van der Waals surface area (Å²) in [6.45, 7) is 11.2. The highest BCUT2D eigenvalue weighted by molar-refractivity contribution is 5.71. The summed E-state index contributed by atoms with van der Waals surface area (Å²) in [4.78, 5) is 37.5. The van der Waals surface area contributed by atoms with E-state index in [9.17, 15) is 14.4 Å². The van der Waals surface area contributed by atoms with E-state index in [0.29, 0.717) is 19.3 Å². The van der Waals surface area contributed by atoms with Crippen molar-refractivity contribution in [2.24, 2.45) is 11.8 Å². The van der Waals surface area contributed by atoms with Gasteiger partial charge in [-0.1, -0.05) is 182 Å². The molecule has 6 heteroatoms. The molecule has 0 aromatic carbocycles. The highest BCUT2D eigenvalue weighted by Gasteiger charge is 2.19. The lowest BCUT2D eigenvalue weighted by atomic mass is 10.0. The van der Waals surface area contributed by atoms with Gasteiger partial charge in [-0.25, -0.2) is 0 Å². The molecule has 6 nitrogen and oxygen atoms in total. The van der Waals surface area contributed by atoms with Gasteiger partial charge in [0.25, 0.3) is 0 Å². The molecule has 284 valence electrons. The molecule has 0 N–H and O–H groups in total. The van der Waals surface area contributed by atoms with Crippen LogP contribution in [0, 0.1) is 11.8 Å². The zero-order chi connectivity index (χ0) is 35.5. The minimum Gasteiger partial charge on any atom is -0.462 e. The van der Waals surface area contributed by atoms with Crippen LogP contribution < -0.4 is 0 Å². The van der Waals surface area contributed by atoms with Gasteiger partial charge in [-0.15, -0.1) is 0 Å². The van der Waals surface area contributed by atoms with Gasteiger partial charge in [0.1, 0.15) is 13.2 Å². The van der Waals surface area contributed by atoms with E-state index in [1.165, 1.54) is 109 Å². The Hall–Kier alpha value is -1.59. The van der Waals surface area contributed by atoms with Gasteiger partial charge >= 0.3 is 17.9 Å². The Bertz CT molecular complexity index is 734. The number of unbranched alkanes of at least 4 members (excludes halogenated alkanes) is 21. The molecular formula is C42H80O6. The monoisotopic (exact) mass is 681 g/mol. The topological polar surface area (TPSA) is 78.9 Å². The van der Waals surface area contributed by atoms with Crippen molar-refractivity contribution in [1.82, 2.24) is 0 Å².